The quantitative estimate of drug-likeness (QED) is 0.748. The van der Waals surface area contributed by atoms with E-state index in [9.17, 15) is 0 Å². The third kappa shape index (κ3) is 2.71. The first kappa shape index (κ1) is 13.9. The molecule has 1 aromatic heterocycles. The van der Waals surface area contributed by atoms with Gasteiger partial charge in [0.1, 0.15) is 0 Å². The molecule has 1 atom stereocenters. The maximum absolute atomic E-state index is 5.49. The van der Waals surface area contributed by atoms with Gasteiger partial charge in [0.05, 0.1) is 0 Å². The van der Waals surface area contributed by atoms with Crippen molar-refractivity contribution in [1.29, 1.82) is 0 Å². The van der Waals surface area contributed by atoms with Gasteiger partial charge in [-0.3, -0.25) is 0 Å². The topological polar surface area (TPSA) is 20.7 Å². The van der Waals surface area contributed by atoms with Crippen molar-refractivity contribution in [2.24, 2.45) is 5.92 Å². The van der Waals surface area contributed by atoms with Gasteiger partial charge in [0.25, 0.3) is 0 Å². The Labute approximate surface area is 116 Å². The average molecular weight is 266 g/mol. The molecule has 102 valence electrons. The van der Waals surface area contributed by atoms with E-state index in [1.807, 2.05) is 0 Å². The van der Waals surface area contributed by atoms with Gasteiger partial charge >= 0.3 is 0 Å². The minimum Gasteiger partial charge on any atom is -0.337 e. The molecule has 3 heteroatoms. The van der Waals surface area contributed by atoms with E-state index in [0.717, 1.165) is 10.7 Å². The first-order valence-electron chi connectivity index (χ1n) is 7.21. The first-order chi connectivity index (χ1) is 8.41. The summed E-state index contributed by atoms with van der Waals surface area (Å²) in [5.74, 6) is 0.794. The average Bonchev–Trinajstić information content (AvgIpc) is 2.71. The number of hydrogen-bond acceptors (Lipinski definition) is 1. The molecule has 2 rings (SSSR count). The summed E-state index contributed by atoms with van der Waals surface area (Å²) in [5, 5.41) is 0. The lowest BCUT2D eigenvalue weighted by Gasteiger charge is -2.32. The fourth-order valence-electron chi connectivity index (χ4n) is 3.19. The lowest BCUT2D eigenvalue weighted by molar-refractivity contribution is 0.254. The van der Waals surface area contributed by atoms with Gasteiger partial charge in [-0.25, -0.2) is 0 Å². The van der Waals surface area contributed by atoms with Crippen molar-refractivity contribution in [1.82, 2.24) is 9.55 Å². The molecular weight excluding hydrogens is 240 g/mol. The number of nitrogens with zero attached hydrogens (tertiary/aromatic N) is 1. The van der Waals surface area contributed by atoms with E-state index in [2.05, 4.69) is 43.4 Å². The summed E-state index contributed by atoms with van der Waals surface area (Å²) in [6.45, 7) is 9.12. The van der Waals surface area contributed by atoms with E-state index in [0.29, 0.717) is 6.04 Å². The van der Waals surface area contributed by atoms with E-state index in [-0.39, 0.29) is 5.41 Å². The Morgan fingerprint density at radius 1 is 1.28 bits per heavy atom. The molecule has 1 unspecified atom stereocenters. The molecule has 0 radical (unpaired) electrons. The molecular formula is C15H26N2S. The fourth-order valence-corrected chi connectivity index (χ4v) is 3.51. The minimum atomic E-state index is 0.149. The van der Waals surface area contributed by atoms with Crippen LogP contribution in [0.5, 0.6) is 0 Å². The highest BCUT2D eigenvalue weighted by atomic mass is 32.1. The van der Waals surface area contributed by atoms with Gasteiger partial charge in [-0.05, 0) is 37.9 Å². The van der Waals surface area contributed by atoms with Crippen LogP contribution in [0.4, 0.5) is 0 Å². The van der Waals surface area contributed by atoms with Crippen LogP contribution in [0.15, 0.2) is 6.20 Å². The lowest BCUT2D eigenvalue weighted by atomic mass is 9.83. The summed E-state index contributed by atoms with van der Waals surface area (Å²) in [6.07, 6.45) is 9.00. The maximum atomic E-state index is 5.49. The van der Waals surface area contributed by atoms with E-state index in [1.165, 1.54) is 37.8 Å². The smallest absolute Gasteiger partial charge is 0.177 e. The van der Waals surface area contributed by atoms with E-state index < -0.39 is 0 Å². The highest BCUT2D eigenvalue weighted by molar-refractivity contribution is 7.71. The predicted molar refractivity (Wildman–Crippen MR) is 79.6 cm³/mol. The molecule has 2 nitrogen and oxygen atoms in total. The van der Waals surface area contributed by atoms with Gasteiger partial charge in [-0.2, -0.15) is 0 Å². The van der Waals surface area contributed by atoms with Crippen molar-refractivity contribution in [2.75, 3.05) is 0 Å². The van der Waals surface area contributed by atoms with E-state index in [1.54, 1.807) is 0 Å². The Bertz CT molecular complexity index is 444. The van der Waals surface area contributed by atoms with Gasteiger partial charge in [0.15, 0.2) is 4.77 Å². The highest BCUT2D eigenvalue weighted by Crippen LogP contribution is 2.35. The largest absolute Gasteiger partial charge is 0.337 e. The van der Waals surface area contributed by atoms with Crippen molar-refractivity contribution in [3.63, 3.8) is 0 Å². The standard InChI is InChI=1S/C15H26N2S/c1-11(12-8-6-5-7-9-12)17-13(15(2,3)4)10-16-14(17)18/h10-12H,5-9H2,1-4H3,(H,16,18). The SMILES string of the molecule is CC(C1CCCCC1)n1c(C(C)(C)C)c[nH]c1=S. The van der Waals surface area contributed by atoms with Crippen LogP contribution in [-0.4, -0.2) is 9.55 Å². The monoisotopic (exact) mass is 266 g/mol. The van der Waals surface area contributed by atoms with Crippen LogP contribution in [0.2, 0.25) is 0 Å². The van der Waals surface area contributed by atoms with Crippen molar-refractivity contribution < 1.29 is 0 Å². The van der Waals surface area contributed by atoms with Gasteiger partial charge < -0.3 is 9.55 Å². The number of aromatic nitrogens is 2. The summed E-state index contributed by atoms with van der Waals surface area (Å²) in [4.78, 5) is 3.24. The molecule has 1 N–H and O–H groups in total. The second kappa shape index (κ2) is 5.20. The highest BCUT2D eigenvalue weighted by Gasteiger charge is 2.27. The maximum Gasteiger partial charge on any atom is 0.177 e. The Morgan fingerprint density at radius 2 is 1.89 bits per heavy atom. The van der Waals surface area contributed by atoms with Crippen molar-refractivity contribution in [3.05, 3.63) is 16.7 Å². The molecule has 0 aromatic carbocycles. The van der Waals surface area contributed by atoms with Gasteiger partial charge in [0.2, 0.25) is 0 Å². The molecule has 0 spiro atoms. The van der Waals surface area contributed by atoms with E-state index in [4.69, 9.17) is 12.2 Å². The number of rotatable bonds is 2. The molecule has 0 saturated heterocycles. The van der Waals surface area contributed by atoms with Crippen LogP contribution < -0.4 is 0 Å². The van der Waals surface area contributed by atoms with Crippen LogP contribution >= 0.6 is 12.2 Å². The van der Waals surface area contributed by atoms with E-state index >= 15 is 0 Å². The third-order valence-electron chi connectivity index (χ3n) is 4.32. The Balaban J connectivity index is 2.32. The van der Waals surface area contributed by atoms with Crippen LogP contribution in [0, 0.1) is 10.7 Å². The molecule has 18 heavy (non-hydrogen) atoms. The molecule has 0 bridgehead atoms. The van der Waals surface area contributed by atoms with Crippen molar-refractivity contribution >= 4 is 12.2 Å². The summed E-state index contributed by atoms with van der Waals surface area (Å²) >= 11 is 5.49. The summed E-state index contributed by atoms with van der Waals surface area (Å²) < 4.78 is 3.25. The fraction of sp³-hybridized carbons (Fsp3) is 0.800. The normalized spacial score (nSPS) is 20.0. The minimum absolute atomic E-state index is 0.149. The summed E-state index contributed by atoms with van der Waals surface area (Å²) in [6, 6.07) is 0.526. The molecule has 0 aliphatic heterocycles. The zero-order chi connectivity index (χ0) is 13.3. The molecule has 0 amide bonds. The lowest BCUT2D eigenvalue weighted by Crippen LogP contribution is -2.25. The molecule has 1 aromatic rings. The summed E-state index contributed by atoms with van der Waals surface area (Å²) in [7, 11) is 0. The zero-order valence-electron chi connectivity index (χ0n) is 12.1. The zero-order valence-corrected chi connectivity index (χ0v) is 12.9. The number of hydrogen-bond donors (Lipinski definition) is 1. The Hall–Kier alpha value is -0.570. The number of aromatic amines is 1. The Morgan fingerprint density at radius 3 is 2.44 bits per heavy atom. The summed E-state index contributed by atoms with van der Waals surface area (Å²) in [5.41, 5.74) is 1.49. The van der Waals surface area contributed by atoms with Crippen LogP contribution in [0.1, 0.15) is 71.5 Å². The molecule has 1 saturated carbocycles. The molecule has 1 aliphatic rings. The number of H-pyrrole nitrogens is 1. The second-order valence-electron chi connectivity index (χ2n) is 6.74. The second-order valence-corrected chi connectivity index (χ2v) is 7.12. The third-order valence-corrected chi connectivity index (χ3v) is 4.63. The number of imidazole rings is 1. The van der Waals surface area contributed by atoms with Crippen molar-refractivity contribution in [2.45, 2.75) is 71.3 Å². The molecule has 1 aliphatic carbocycles. The Kier molecular flexibility index (Phi) is 4.00. The van der Waals surface area contributed by atoms with Crippen LogP contribution in [-0.2, 0) is 5.41 Å². The molecule has 1 fully saturated rings. The van der Waals surface area contributed by atoms with Gasteiger partial charge in [-0.15, -0.1) is 0 Å². The molecule has 1 heterocycles. The predicted octanol–water partition coefficient (Wildman–Crippen LogP) is 4.98. The van der Waals surface area contributed by atoms with Crippen LogP contribution in [0.25, 0.3) is 0 Å². The first-order valence-corrected chi connectivity index (χ1v) is 7.62. The van der Waals surface area contributed by atoms with Gasteiger partial charge in [-0.1, -0.05) is 40.0 Å². The van der Waals surface area contributed by atoms with Crippen LogP contribution in [0.3, 0.4) is 0 Å². The number of nitrogens with one attached hydrogen (secondary N) is 1. The van der Waals surface area contributed by atoms with Crippen molar-refractivity contribution in [3.8, 4) is 0 Å². The van der Waals surface area contributed by atoms with Gasteiger partial charge in [0, 0.05) is 23.3 Å².